The van der Waals surface area contributed by atoms with Gasteiger partial charge in [-0.1, -0.05) is 30.3 Å². The van der Waals surface area contributed by atoms with Gasteiger partial charge in [-0.15, -0.1) is 0 Å². The lowest BCUT2D eigenvalue weighted by atomic mass is 10.0. The topological polar surface area (TPSA) is 43.7 Å². The van der Waals surface area contributed by atoms with E-state index in [1.807, 2.05) is 24.3 Å². The zero-order valence-corrected chi connectivity index (χ0v) is 7.53. The van der Waals surface area contributed by atoms with Crippen molar-refractivity contribution in [1.82, 2.24) is 0 Å². The van der Waals surface area contributed by atoms with E-state index in [1.165, 1.54) is 0 Å². The molecule has 0 unspecified atom stereocenters. The minimum absolute atomic E-state index is 0.244. The van der Waals surface area contributed by atoms with Crippen molar-refractivity contribution < 1.29 is 5.11 Å². The number of nitriles is 1. The molecule has 2 aromatic carbocycles. The monoisotopic (exact) mass is 182 g/mol. The van der Waals surface area contributed by atoms with Gasteiger partial charge < -0.3 is 0 Å². The predicted octanol–water partition coefficient (Wildman–Crippen LogP) is 2.64. The number of hydrogen-bond acceptors (Lipinski definition) is 1. The van der Waals surface area contributed by atoms with Crippen molar-refractivity contribution in [3.63, 3.8) is 0 Å². The first-order chi connectivity index (χ1) is 6.86. The van der Waals surface area contributed by atoms with Gasteiger partial charge in [-0.3, -0.25) is 0 Å². The van der Waals surface area contributed by atoms with E-state index in [0.717, 1.165) is 16.3 Å². The number of nitrogens with zero attached hydrogens (tertiary/aromatic N) is 1. The normalized spacial score (nSPS) is 10.0. The summed E-state index contributed by atoms with van der Waals surface area (Å²) in [5, 5.41) is 21.5. The van der Waals surface area contributed by atoms with Crippen LogP contribution in [0.1, 0.15) is 11.1 Å². The van der Waals surface area contributed by atoms with Gasteiger partial charge in [0.1, 0.15) is 6.61 Å². The molecule has 2 rings (SSSR count). The van der Waals surface area contributed by atoms with Crippen LogP contribution in [0.3, 0.4) is 0 Å². The molecule has 0 aliphatic carbocycles. The maximum atomic E-state index is 10.9. The molecule has 0 spiro atoms. The Kier molecular flexibility index (Phi) is 2.18. The molecule has 0 aliphatic rings. The van der Waals surface area contributed by atoms with Gasteiger partial charge >= 0.3 is 0 Å². The quantitative estimate of drug-likeness (QED) is 0.668. The van der Waals surface area contributed by atoms with E-state index in [2.05, 4.69) is 6.07 Å². The highest BCUT2D eigenvalue weighted by Crippen LogP contribution is 2.22. The standard InChI is InChI=1S/C12H8NO/c13-7-9-5-6-10(8-14)12-4-2-1-3-11(9)12/h1-6H,8H2. The first kappa shape index (κ1) is 8.74. The van der Waals surface area contributed by atoms with Crippen LogP contribution in [0.4, 0.5) is 0 Å². The second kappa shape index (κ2) is 3.49. The average Bonchev–Trinajstić information content (AvgIpc) is 2.27. The number of rotatable bonds is 1. The molecule has 2 aromatic rings. The Balaban J connectivity index is 2.87. The van der Waals surface area contributed by atoms with Gasteiger partial charge in [-0.2, -0.15) is 5.26 Å². The average molecular weight is 182 g/mol. The van der Waals surface area contributed by atoms with Crippen molar-refractivity contribution in [1.29, 1.82) is 5.26 Å². The van der Waals surface area contributed by atoms with Crippen LogP contribution < -0.4 is 0 Å². The first-order valence-electron chi connectivity index (χ1n) is 4.35. The molecule has 14 heavy (non-hydrogen) atoms. The van der Waals surface area contributed by atoms with Crippen molar-refractivity contribution in [3.8, 4) is 6.07 Å². The van der Waals surface area contributed by atoms with Crippen LogP contribution in [0, 0.1) is 11.3 Å². The van der Waals surface area contributed by atoms with Gasteiger partial charge in [-0.05, 0) is 22.4 Å². The fourth-order valence-electron chi connectivity index (χ4n) is 1.58. The molecular formula is C12H8NO. The van der Waals surface area contributed by atoms with Gasteiger partial charge in [0.15, 0.2) is 0 Å². The van der Waals surface area contributed by atoms with E-state index in [9.17, 15) is 5.11 Å². The van der Waals surface area contributed by atoms with E-state index in [4.69, 9.17) is 5.26 Å². The molecule has 0 amide bonds. The van der Waals surface area contributed by atoms with Crippen molar-refractivity contribution >= 4 is 10.8 Å². The summed E-state index contributed by atoms with van der Waals surface area (Å²) in [6, 6.07) is 13.1. The lowest BCUT2D eigenvalue weighted by Gasteiger charge is -2.03. The smallest absolute Gasteiger partial charge is 0.108 e. The summed E-state index contributed by atoms with van der Waals surface area (Å²) in [6.45, 7) is -0.244. The summed E-state index contributed by atoms with van der Waals surface area (Å²) in [4.78, 5) is 0. The van der Waals surface area contributed by atoms with E-state index in [1.54, 1.807) is 12.1 Å². The second-order valence-corrected chi connectivity index (χ2v) is 3.07. The van der Waals surface area contributed by atoms with Crippen molar-refractivity contribution in [2.24, 2.45) is 0 Å². The van der Waals surface area contributed by atoms with Crippen LogP contribution in [0.15, 0.2) is 36.4 Å². The summed E-state index contributed by atoms with van der Waals surface area (Å²) < 4.78 is 0. The van der Waals surface area contributed by atoms with Crippen LogP contribution in [-0.4, -0.2) is 0 Å². The third-order valence-electron chi connectivity index (χ3n) is 2.29. The molecule has 0 N–H and O–H groups in total. The summed E-state index contributed by atoms with van der Waals surface area (Å²) in [5.41, 5.74) is 1.37. The zero-order valence-electron chi connectivity index (χ0n) is 7.53. The second-order valence-electron chi connectivity index (χ2n) is 3.07. The molecule has 0 saturated heterocycles. The fraction of sp³-hybridized carbons (Fsp3) is 0.0833. The molecule has 2 nitrogen and oxygen atoms in total. The number of benzene rings is 2. The Morgan fingerprint density at radius 1 is 1.07 bits per heavy atom. The summed E-state index contributed by atoms with van der Waals surface area (Å²) >= 11 is 0. The Bertz CT molecular complexity index is 511. The molecule has 0 aliphatic heterocycles. The zero-order chi connectivity index (χ0) is 9.97. The van der Waals surface area contributed by atoms with E-state index < -0.39 is 0 Å². The highest BCUT2D eigenvalue weighted by atomic mass is 16.3. The minimum Gasteiger partial charge on any atom is -0.232 e. The summed E-state index contributed by atoms with van der Waals surface area (Å²) in [6.07, 6.45) is 0. The van der Waals surface area contributed by atoms with Crippen LogP contribution in [0.25, 0.3) is 10.8 Å². The Morgan fingerprint density at radius 3 is 2.43 bits per heavy atom. The Hall–Kier alpha value is -1.85. The molecule has 0 fully saturated rings. The van der Waals surface area contributed by atoms with E-state index in [-0.39, 0.29) is 6.61 Å². The van der Waals surface area contributed by atoms with Gasteiger partial charge in [-0.25, -0.2) is 5.11 Å². The predicted molar refractivity (Wildman–Crippen MR) is 53.1 cm³/mol. The molecule has 2 heteroatoms. The van der Waals surface area contributed by atoms with Gasteiger partial charge in [0.05, 0.1) is 11.6 Å². The lowest BCUT2D eigenvalue weighted by Crippen LogP contribution is -1.87. The van der Waals surface area contributed by atoms with Gasteiger partial charge in [0.25, 0.3) is 0 Å². The minimum atomic E-state index is -0.244. The van der Waals surface area contributed by atoms with Crippen LogP contribution in [0.2, 0.25) is 0 Å². The summed E-state index contributed by atoms with van der Waals surface area (Å²) in [7, 11) is 0. The fourth-order valence-corrected chi connectivity index (χ4v) is 1.58. The highest BCUT2D eigenvalue weighted by Gasteiger charge is 2.03. The molecule has 1 radical (unpaired) electrons. The maximum Gasteiger partial charge on any atom is 0.108 e. The van der Waals surface area contributed by atoms with Crippen molar-refractivity contribution in [3.05, 3.63) is 47.5 Å². The molecule has 0 heterocycles. The van der Waals surface area contributed by atoms with Gasteiger partial charge in [0, 0.05) is 0 Å². The third-order valence-corrected chi connectivity index (χ3v) is 2.29. The van der Waals surface area contributed by atoms with Crippen LogP contribution in [0.5, 0.6) is 0 Å². The molecule has 0 saturated carbocycles. The highest BCUT2D eigenvalue weighted by molar-refractivity contribution is 5.90. The largest absolute Gasteiger partial charge is 0.232 e. The summed E-state index contributed by atoms with van der Waals surface area (Å²) in [5.74, 6) is 0. The Morgan fingerprint density at radius 2 is 1.79 bits per heavy atom. The van der Waals surface area contributed by atoms with Crippen molar-refractivity contribution in [2.45, 2.75) is 6.61 Å². The Labute approximate surface area is 82.0 Å². The van der Waals surface area contributed by atoms with E-state index in [0.29, 0.717) is 5.56 Å². The van der Waals surface area contributed by atoms with Gasteiger partial charge in [0.2, 0.25) is 0 Å². The van der Waals surface area contributed by atoms with Crippen LogP contribution >= 0.6 is 0 Å². The number of hydrogen-bond donors (Lipinski definition) is 0. The van der Waals surface area contributed by atoms with Crippen molar-refractivity contribution in [2.75, 3.05) is 0 Å². The molecular weight excluding hydrogens is 174 g/mol. The van der Waals surface area contributed by atoms with E-state index >= 15 is 0 Å². The maximum absolute atomic E-state index is 10.9. The third kappa shape index (κ3) is 1.24. The molecule has 0 bridgehead atoms. The first-order valence-corrected chi connectivity index (χ1v) is 4.35. The molecule has 67 valence electrons. The SMILES string of the molecule is N#Cc1ccc(C[O])c2ccccc12. The van der Waals surface area contributed by atoms with Crippen LogP contribution in [-0.2, 0) is 11.7 Å². The molecule has 0 aromatic heterocycles. The number of fused-ring (bicyclic) bond motifs is 1. The molecule has 0 atom stereocenters. The lowest BCUT2D eigenvalue weighted by molar-refractivity contribution is 0.179.